The summed E-state index contributed by atoms with van der Waals surface area (Å²) in [4.78, 5) is 24.0. The van der Waals surface area contributed by atoms with Crippen LogP contribution in [0, 0.1) is 5.92 Å². The van der Waals surface area contributed by atoms with Crippen LogP contribution in [0.5, 0.6) is 0 Å². The van der Waals surface area contributed by atoms with Crippen molar-refractivity contribution in [3.05, 3.63) is 94.3 Å². The summed E-state index contributed by atoms with van der Waals surface area (Å²) in [5.74, 6) is 1.21. The summed E-state index contributed by atoms with van der Waals surface area (Å²) < 4.78 is 7.03. The van der Waals surface area contributed by atoms with Gasteiger partial charge in [-0.25, -0.2) is 0 Å². The molecule has 1 N–H and O–H groups in total. The summed E-state index contributed by atoms with van der Waals surface area (Å²) in [5, 5.41) is 3.00. The maximum Gasteiger partial charge on any atom is 0.250 e. The quantitative estimate of drug-likeness (QED) is 0.745. The first-order valence-corrected chi connectivity index (χ1v) is 8.75. The van der Waals surface area contributed by atoms with Crippen molar-refractivity contribution in [1.82, 2.24) is 9.88 Å². The van der Waals surface area contributed by atoms with Crippen LogP contribution in [0.1, 0.15) is 29.2 Å². The number of benzene rings is 1. The lowest BCUT2D eigenvalue weighted by atomic mass is 10.1. The molecule has 0 aliphatic heterocycles. The Labute approximate surface area is 151 Å². The molecule has 26 heavy (non-hydrogen) atoms. The van der Waals surface area contributed by atoms with Crippen LogP contribution >= 0.6 is 0 Å². The van der Waals surface area contributed by atoms with Gasteiger partial charge in [0.05, 0.1) is 12.8 Å². The summed E-state index contributed by atoms with van der Waals surface area (Å²) in [7, 11) is 0. The van der Waals surface area contributed by atoms with Crippen LogP contribution in [0.2, 0.25) is 0 Å². The van der Waals surface area contributed by atoms with Gasteiger partial charge in [-0.3, -0.25) is 9.59 Å². The molecule has 3 aromatic rings. The van der Waals surface area contributed by atoms with Gasteiger partial charge in [0, 0.05) is 30.6 Å². The van der Waals surface area contributed by atoms with E-state index in [4.69, 9.17) is 4.42 Å². The molecule has 5 heteroatoms. The number of carbonyl (C=O) groups is 1. The average Bonchev–Trinajstić information content (AvgIpc) is 3.28. The third-order valence-electron chi connectivity index (χ3n) is 4.78. The lowest BCUT2D eigenvalue weighted by Crippen LogP contribution is -2.24. The molecule has 0 radical (unpaired) electrons. The van der Waals surface area contributed by atoms with Crippen LogP contribution < -0.4 is 10.9 Å². The van der Waals surface area contributed by atoms with E-state index in [1.54, 1.807) is 29.2 Å². The molecule has 0 spiro atoms. The summed E-state index contributed by atoms with van der Waals surface area (Å²) in [6, 6.07) is 16.9. The van der Waals surface area contributed by atoms with Crippen LogP contribution in [-0.4, -0.2) is 10.5 Å². The van der Waals surface area contributed by atoms with Crippen LogP contribution in [-0.2, 0) is 17.9 Å². The first-order valence-electron chi connectivity index (χ1n) is 8.75. The Kier molecular flexibility index (Phi) is 4.44. The summed E-state index contributed by atoms with van der Waals surface area (Å²) in [6.07, 6.45) is 4.28. The van der Waals surface area contributed by atoms with Crippen molar-refractivity contribution < 1.29 is 9.21 Å². The molecule has 5 nitrogen and oxygen atoms in total. The second kappa shape index (κ2) is 7.04. The second-order valence-corrected chi connectivity index (χ2v) is 6.67. The number of carbonyl (C=O) groups excluding carboxylic acids is 1. The van der Waals surface area contributed by atoms with Gasteiger partial charge < -0.3 is 14.3 Å². The largest absolute Gasteiger partial charge is 0.469 e. The summed E-state index contributed by atoms with van der Waals surface area (Å²) in [6.45, 7) is 1.05. The van der Waals surface area contributed by atoms with Crippen molar-refractivity contribution in [2.75, 3.05) is 0 Å². The van der Waals surface area contributed by atoms with Crippen molar-refractivity contribution in [3.63, 3.8) is 0 Å². The minimum Gasteiger partial charge on any atom is -0.469 e. The Morgan fingerprint density at radius 3 is 2.62 bits per heavy atom. The highest BCUT2D eigenvalue weighted by atomic mass is 16.3. The highest BCUT2D eigenvalue weighted by Crippen LogP contribution is 2.47. The molecule has 2 aromatic heterocycles. The molecule has 1 saturated carbocycles. The van der Waals surface area contributed by atoms with E-state index in [1.165, 1.54) is 0 Å². The number of nitrogens with zero attached hydrogens (tertiary/aromatic N) is 1. The topological polar surface area (TPSA) is 64.2 Å². The molecule has 1 amide bonds. The van der Waals surface area contributed by atoms with E-state index in [0.717, 1.165) is 23.3 Å². The standard InChI is InChI=1S/C21H20N2O3/c24-20-5-1-2-10-23(20)14-16-8-6-15(7-9-16)13-22-21(25)18-12-17(18)19-4-3-11-26-19/h1-11,17-18H,12-14H2,(H,22,25). The molecule has 0 bridgehead atoms. The molecule has 2 heterocycles. The lowest BCUT2D eigenvalue weighted by molar-refractivity contribution is -0.122. The number of amides is 1. The zero-order valence-corrected chi connectivity index (χ0v) is 14.3. The number of furan rings is 1. The van der Waals surface area contributed by atoms with Crippen LogP contribution in [0.3, 0.4) is 0 Å². The van der Waals surface area contributed by atoms with E-state index in [1.807, 2.05) is 42.5 Å². The summed E-state index contributed by atoms with van der Waals surface area (Å²) in [5.41, 5.74) is 2.07. The normalized spacial score (nSPS) is 18.5. The van der Waals surface area contributed by atoms with Crippen LogP contribution in [0.25, 0.3) is 0 Å². The maximum absolute atomic E-state index is 12.2. The number of nitrogens with one attached hydrogen (secondary N) is 1. The number of hydrogen-bond acceptors (Lipinski definition) is 3. The third-order valence-corrected chi connectivity index (χ3v) is 4.78. The molecule has 4 rings (SSSR count). The molecular formula is C21H20N2O3. The monoisotopic (exact) mass is 348 g/mol. The molecular weight excluding hydrogens is 328 g/mol. The van der Waals surface area contributed by atoms with Gasteiger partial charge in [0.25, 0.3) is 5.56 Å². The molecule has 2 unspecified atom stereocenters. The van der Waals surface area contributed by atoms with Crippen molar-refractivity contribution in [2.45, 2.75) is 25.4 Å². The van der Waals surface area contributed by atoms with Gasteiger partial charge in [-0.1, -0.05) is 30.3 Å². The Morgan fingerprint density at radius 1 is 1.08 bits per heavy atom. The minimum absolute atomic E-state index is 0.0145. The van der Waals surface area contributed by atoms with E-state index in [2.05, 4.69) is 5.32 Å². The summed E-state index contributed by atoms with van der Waals surface area (Å²) >= 11 is 0. The van der Waals surface area contributed by atoms with Crippen molar-refractivity contribution >= 4 is 5.91 Å². The Morgan fingerprint density at radius 2 is 1.88 bits per heavy atom. The fraction of sp³-hybridized carbons (Fsp3) is 0.238. The van der Waals surface area contributed by atoms with Crippen LogP contribution in [0.4, 0.5) is 0 Å². The second-order valence-electron chi connectivity index (χ2n) is 6.67. The smallest absolute Gasteiger partial charge is 0.250 e. The highest BCUT2D eigenvalue weighted by Gasteiger charge is 2.45. The van der Waals surface area contributed by atoms with Crippen LogP contribution in [0.15, 0.2) is 76.3 Å². The van der Waals surface area contributed by atoms with E-state index < -0.39 is 0 Å². The maximum atomic E-state index is 12.2. The predicted octanol–water partition coefficient (Wildman–Crippen LogP) is 2.91. The highest BCUT2D eigenvalue weighted by molar-refractivity contribution is 5.82. The SMILES string of the molecule is O=C(NCc1ccc(Cn2ccccc2=O)cc1)C1CC1c1ccco1. The molecule has 132 valence electrons. The van der Waals surface area contributed by atoms with Crippen molar-refractivity contribution in [3.8, 4) is 0 Å². The number of aromatic nitrogens is 1. The van der Waals surface area contributed by atoms with Gasteiger partial charge in [-0.05, 0) is 35.7 Å². The number of rotatable bonds is 6. The number of pyridine rings is 1. The Hall–Kier alpha value is -3.08. The predicted molar refractivity (Wildman–Crippen MR) is 97.6 cm³/mol. The molecule has 2 atom stereocenters. The Bertz CT molecular complexity index is 942. The molecule has 0 saturated heterocycles. The van der Waals surface area contributed by atoms with E-state index in [-0.39, 0.29) is 23.3 Å². The van der Waals surface area contributed by atoms with Gasteiger partial charge in [0.2, 0.25) is 5.91 Å². The van der Waals surface area contributed by atoms with Gasteiger partial charge in [-0.15, -0.1) is 0 Å². The van der Waals surface area contributed by atoms with Gasteiger partial charge in [-0.2, -0.15) is 0 Å². The fourth-order valence-electron chi connectivity index (χ4n) is 3.17. The Balaban J connectivity index is 1.30. The van der Waals surface area contributed by atoms with Gasteiger partial charge in [0.1, 0.15) is 5.76 Å². The van der Waals surface area contributed by atoms with E-state index in [9.17, 15) is 9.59 Å². The van der Waals surface area contributed by atoms with Crippen molar-refractivity contribution in [2.24, 2.45) is 5.92 Å². The van der Waals surface area contributed by atoms with Gasteiger partial charge in [0.15, 0.2) is 0 Å². The first-order chi connectivity index (χ1) is 12.7. The zero-order chi connectivity index (χ0) is 17.9. The molecule has 1 aliphatic carbocycles. The van der Waals surface area contributed by atoms with E-state index in [0.29, 0.717) is 13.1 Å². The third kappa shape index (κ3) is 3.61. The number of hydrogen-bond donors (Lipinski definition) is 1. The lowest BCUT2D eigenvalue weighted by Gasteiger charge is -2.08. The molecule has 1 fully saturated rings. The average molecular weight is 348 g/mol. The zero-order valence-electron chi connectivity index (χ0n) is 14.3. The molecule has 1 aliphatic rings. The minimum atomic E-state index is -0.0145. The van der Waals surface area contributed by atoms with Gasteiger partial charge >= 0.3 is 0 Å². The first kappa shape index (κ1) is 16.4. The fourth-order valence-corrected chi connectivity index (χ4v) is 3.17. The molecule has 1 aromatic carbocycles. The van der Waals surface area contributed by atoms with E-state index >= 15 is 0 Å². The van der Waals surface area contributed by atoms with Crippen molar-refractivity contribution in [1.29, 1.82) is 0 Å².